The number of halogens is 1. The summed E-state index contributed by atoms with van der Waals surface area (Å²) in [7, 11) is 1.58. The van der Waals surface area contributed by atoms with Gasteiger partial charge in [0.15, 0.2) is 6.61 Å². The van der Waals surface area contributed by atoms with Gasteiger partial charge < -0.3 is 15.0 Å². The molecule has 0 unspecified atom stereocenters. The summed E-state index contributed by atoms with van der Waals surface area (Å²) in [6, 6.07) is 24.0. The van der Waals surface area contributed by atoms with Crippen LogP contribution in [0.4, 0.5) is 0 Å². The third-order valence-corrected chi connectivity index (χ3v) is 5.94. The highest BCUT2D eigenvalue weighted by atomic mass is 35.5. The number of amides is 2. The van der Waals surface area contributed by atoms with Crippen LogP contribution in [0.2, 0.25) is 5.02 Å². The molecular weight excluding hydrogens is 448 g/mol. The Bertz CT molecular complexity index is 1070. The minimum absolute atomic E-state index is 0.170. The molecule has 0 aromatic heterocycles. The first-order valence-corrected chi connectivity index (χ1v) is 11.8. The minimum Gasteiger partial charge on any atom is -0.484 e. The van der Waals surface area contributed by atoms with Crippen LogP contribution in [0.1, 0.15) is 36.5 Å². The number of hydrogen-bond donors (Lipinski definition) is 1. The van der Waals surface area contributed by atoms with E-state index in [2.05, 4.69) is 19.2 Å². The zero-order valence-electron chi connectivity index (χ0n) is 19.8. The number of nitrogens with one attached hydrogen (secondary N) is 1. The van der Waals surface area contributed by atoms with Gasteiger partial charge in [-0.05, 0) is 46.9 Å². The molecule has 178 valence electrons. The van der Waals surface area contributed by atoms with Crippen molar-refractivity contribution in [2.24, 2.45) is 0 Å². The van der Waals surface area contributed by atoms with E-state index in [0.717, 1.165) is 11.1 Å². The van der Waals surface area contributed by atoms with Gasteiger partial charge in [0.25, 0.3) is 5.91 Å². The molecule has 0 aliphatic heterocycles. The van der Waals surface area contributed by atoms with Gasteiger partial charge in [-0.3, -0.25) is 9.59 Å². The van der Waals surface area contributed by atoms with E-state index in [1.54, 1.807) is 24.1 Å². The number of ether oxygens (including phenoxy) is 1. The van der Waals surface area contributed by atoms with Crippen LogP contribution >= 0.6 is 11.6 Å². The van der Waals surface area contributed by atoms with E-state index in [4.69, 9.17) is 16.3 Å². The molecule has 0 spiro atoms. The molecule has 3 aromatic carbocycles. The normalized spacial score (nSPS) is 11.7. The Morgan fingerprint density at radius 3 is 2.15 bits per heavy atom. The molecule has 0 radical (unpaired) electrons. The van der Waals surface area contributed by atoms with E-state index in [1.165, 1.54) is 5.56 Å². The Balaban J connectivity index is 1.83. The van der Waals surface area contributed by atoms with Crippen molar-refractivity contribution in [1.29, 1.82) is 0 Å². The molecule has 6 heteroatoms. The molecule has 1 N–H and O–H groups in total. The summed E-state index contributed by atoms with van der Waals surface area (Å²) >= 11 is 6.04. The highest BCUT2D eigenvalue weighted by molar-refractivity contribution is 6.30. The number of carbonyl (C=O) groups excluding carboxylic acids is 2. The Kier molecular flexibility index (Phi) is 9.11. The van der Waals surface area contributed by atoms with Crippen LogP contribution in [0.15, 0.2) is 78.9 Å². The van der Waals surface area contributed by atoms with E-state index in [1.807, 2.05) is 66.7 Å². The van der Waals surface area contributed by atoms with Crippen LogP contribution < -0.4 is 10.1 Å². The molecule has 1 atom stereocenters. The SMILES string of the molecule is CNC(=O)[C@@H](Cc1ccccc1)N(Cc1ccc(Cl)cc1)C(=O)COc1ccc(C(C)C)cc1. The third-order valence-electron chi connectivity index (χ3n) is 5.69. The fourth-order valence-corrected chi connectivity index (χ4v) is 3.81. The van der Waals surface area contributed by atoms with Gasteiger partial charge in [-0.2, -0.15) is 0 Å². The second-order valence-corrected chi connectivity index (χ2v) is 8.92. The Hall–Kier alpha value is -3.31. The summed E-state index contributed by atoms with van der Waals surface area (Å²) in [5, 5.41) is 3.32. The van der Waals surface area contributed by atoms with Crippen LogP contribution in [0.25, 0.3) is 0 Å². The van der Waals surface area contributed by atoms with Crippen molar-refractivity contribution in [3.63, 3.8) is 0 Å². The maximum Gasteiger partial charge on any atom is 0.261 e. The van der Waals surface area contributed by atoms with E-state index < -0.39 is 6.04 Å². The van der Waals surface area contributed by atoms with Crippen molar-refractivity contribution in [3.8, 4) is 5.75 Å². The molecular formula is C28H31ClN2O3. The molecule has 0 bridgehead atoms. The monoisotopic (exact) mass is 478 g/mol. The molecule has 0 heterocycles. The molecule has 0 saturated carbocycles. The maximum atomic E-state index is 13.4. The number of nitrogens with zero attached hydrogens (tertiary/aromatic N) is 1. The van der Waals surface area contributed by atoms with Gasteiger partial charge in [0, 0.05) is 25.0 Å². The van der Waals surface area contributed by atoms with Gasteiger partial charge in [-0.1, -0.05) is 80.0 Å². The van der Waals surface area contributed by atoms with Crippen molar-refractivity contribution < 1.29 is 14.3 Å². The molecule has 0 fully saturated rings. The van der Waals surface area contributed by atoms with E-state index in [0.29, 0.717) is 23.1 Å². The fraction of sp³-hybridized carbons (Fsp3) is 0.286. The summed E-state index contributed by atoms with van der Waals surface area (Å²) in [4.78, 5) is 27.9. The standard InChI is InChI=1S/C28H31ClN2O3/c1-20(2)23-11-15-25(16-12-23)34-19-27(32)31(18-22-9-13-24(29)14-10-22)26(28(33)30-3)17-21-7-5-4-6-8-21/h4-16,20,26H,17-19H2,1-3H3,(H,30,33)/t26-/m1/s1. The topological polar surface area (TPSA) is 58.6 Å². The number of hydrogen-bond acceptors (Lipinski definition) is 3. The molecule has 2 amide bonds. The highest BCUT2D eigenvalue weighted by Crippen LogP contribution is 2.20. The number of carbonyl (C=O) groups is 2. The zero-order chi connectivity index (χ0) is 24.5. The maximum absolute atomic E-state index is 13.4. The molecule has 3 aromatic rings. The first-order valence-electron chi connectivity index (χ1n) is 11.4. The molecule has 34 heavy (non-hydrogen) atoms. The lowest BCUT2D eigenvalue weighted by atomic mass is 10.0. The Morgan fingerprint density at radius 1 is 0.912 bits per heavy atom. The van der Waals surface area contributed by atoms with Crippen molar-refractivity contribution in [2.75, 3.05) is 13.7 Å². The van der Waals surface area contributed by atoms with E-state index in [9.17, 15) is 9.59 Å². The van der Waals surface area contributed by atoms with Crippen LogP contribution in [-0.2, 0) is 22.6 Å². The predicted octanol–water partition coefficient (Wildman–Crippen LogP) is 5.23. The number of rotatable bonds is 10. The van der Waals surface area contributed by atoms with Crippen molar-refractivity contribution in [2.45, 2.75) is 38.8 Å². The fourth-order valence-electron chi connectivity index (χ4n) is 3.68. The van der Waals surface area contributed by atoms with Gasteiger partial charge in [-0.15, -0.1) is 0 Å². The molecule has 0 aliphatic rings. The lowest BCUT2D eigenvalue weighted by Crippen LogP contribution is -2.51. The second kappa shape index (κ2) is 12.2. The molecule has 5 nitrogen and oxygen atoms in total. The smallest absolute Gasteiger partial charge is 0.261 e. The quantitative estimate of drug-likeness (QED) is 0.434. The predicted molar refractivity (Wildman–Crippen MR) is 136 cm³/mol. The molecule has 0 saturated heterocycles. The Labute approximate surface area is 206 Å². The first-order chi connectivity index (χ1) is 16.4. The van der Waals surface area contributed by atoms with Gasteiger partial charge in [-0.25, -0.2) is 0 Å². The van der Waals surface area contributed by atoms with Gasteiger partial charge in [0.2, 0.25) is 5.91 Å². The largest absolute Gasteiger partial charge is 0.484 e. The third kappa shape index (κ3) is 7.09. The molecule has 3 rings (SSSR count). The van der Waals surface area contributed by atoms with Gasteiger partial charge in [0.05, 0.1) is 0 Å². The highest BCUT2D eigenvalue weighted by Gasteiger charge is 2.30. The Morgan fingerprint density at radius 2 is 1.56 bits per heavy atom. The van der Waals surface area contributed by atoms with Crippen LogP contribution in [0.5, 0.6) is 5.75 Å². The van der Waals surface area contributed by atoms with Crippen LogP contribution in [0, 0.1) is 0 Å². The average Bonchev–Trinajstić information content (AvgIpc) is 2.86. The van der Waals surface area contributed by atoms with Crippen LogP contribution in [-0.4, -0.2) is 36.4 Å². The van der Waals surface area contributed by atoms with Crippen molar-refractivity contribution in [1.82, 2.24) is 10.2 Å². The first kappa shape index (κ1) is 25.3. The number of likely N-dealkylation sites (N-methyl/N-ethyl adjacent to an activating group) is 1. The van der Waals surface area contributed by atoms with Gasteiger partial charge in [0.1, 0.15) is 11.8 Å². The van der Waals surface area contributed by atoms with E-state index in [-0.39, 0.29) is 25.0 Å². The minimum atomic E-state index is -0.692. The van der Waals surface area contributed by atoms with E-state index >= 15 is 0 Å². The van der Waals surface area contributed by atoms with Crippen molar-refractivity contribution in [3.05, 3.63) is 101 Å². The summed E-state index contributed by atoms with van der Waals surface area (Å²) in [5.74, 6) is 0.528. The van der Waals surface area contributed by atoms with Gasteiger partial charge >= 0.3 is 0 Å². The average molecular weight is 479 g/mol. The number of benzene rings is 3. The zero-order valence-corrected chi connectivity index (χ0v) is 20.6. The van der Waals surface area contributed by atoms with Crippen LogP contribution in [0.3, 0.4) is 0 Å². The lowest BCUT2D eigenvalue weighted by molar-refractivity contribution is -0.142. The summed E-state index contributed by atoms with van der Waals surface area (Å²) < 4.78 is 5.81. The second-order valence-electron chi connectivity index (χ2n) is 8.48. The lowest BCUT2D eigenvalue weighted by Gasteiger charge is -2.31. The van der Waals surface area contributed by atoms with Crippen molar-refractivity contribution >= 4 is 23.4 Å². The summed E-state index contributed by atoms with van der Waals surface area (Å²) in [6.45, 7) is 4.34. The molecule has 0 aliphatic carbocycles. The summed E-state index contributed by atoms with van der Waals surface area (Å²) in [6.07, 6.45) is 0.392. The summed E-state index contributed by atoms with van der Waals surface area (Å²) in [5.41, 5.74) is 3.04.